The van der Waals surface area contributed by atoms with E-state index in [1.807, 2.05) is 36.4 Å². The molecule has 0 amide bonds. The molecule has 5 rings (SSSR count). The number of nitrogens with zero attached hydrogens (tertiary/aromatic N) is 2. The van der Waals surface area contributed by atoms with E-state index < -0.39 is 0 Å². The molecule has 0 radical (unpaired) electrons. The lowest BCUT2D eigenvalue weighted by Crippen LogP contribution is -2.15. The first-order valence-electron chi connectivity index (χ1n) is 7.50. The molecule has 0 atom stereocenters. The molecule has 1 aromatic heterocycles. The van der Waals surface area contributed by atoms with E-state index >= 15 is 0 Å². The minimum Gasteiger partial charge on any atom is -0.486 e. The average molecular weight is 324 g/mol. The van der Waals surface area contributed by atoms with Crippen LogP contribution in [0.25, 0.3) is 22.8 Å². The second kappa shape index (κ2) is 5.16. The van der Waals surface area contributed by atoms with Gasteiger partial charge in [0.05, 0.1) is 0 Å². The van der Waals surface area contributed by atoms with Crippen molar-refractivity contribution in [1.82, 2.24) is 10.1 Å². The summed E-state index contributed by atoms with van der Waals surface area (Å²) in [4.78, 5) is 4.45. The topological polar surface area (TPSA) is 75.8 Å². The molecule has 120 valence electrons. The predicted octanol–water partition coefficient (Wildman–Crippen LogP) is 2.90. The summed E-state index contributed by atoms with van der Waals surface area (Å²) in [6.45, 7) is 1.32. The lowest BCUT2D eigenvalue weighted by Gasteiger charge is -2.18. The van der Waals surface area contributed by atoms with E-state index in [1.54, 1.807) is 0 Å². The Balaban J connectivity index is 1.49. The summed E-state index contributed by atoms with van der Waals surface area (Å²) >= 11 is 0. The molecule has 0 saturated carbocycles. The molecule has 0 spiro atoms. The van der Waals surface area contributed by atoms with E-state index in [0.29, 0.717) is 42.2 Å². The molecule has 2 aromatic carbocycles. The fourth-order valence-electron chi connectivity index (χ4n) is 2.67. The van der Waals surface area contributed by atoms with E-state index in [-0.39, 0.29) is 6.79 Å². The molecule has 0 aliphatic carbocycles. The number of benzene rings is 2. The van der Waals surface area contributed by atoms with Crippen LogP contribution in [-0.2, 0) is 0 Å². The maximum absolute atomic E-state index is 5.58. The van der Waals surface area contributed by atoms with E-state index in [2.05, 4.69) is 10.1 Å². The molecule has 0 unspecified atom stereocenters. The minimum absolute atomic E-state index is 0.230. The standard InChI is InChI=1S/C17H12N2O5/c1-3-13-15(23-9-22-13)7-10(1)16-18-17(24-19-16)11-2-4-12-14(8-11)21-6-5-20-12/h1-4,7-8H,5-6,9H2. The van der Waals surface area contributed by atoms with Crippen molar-refractivity contribution in [2.75, 3.05) is 20.0 Å². The maximum Gasteiger partial charge on any atom is 0.258 e. The van der Waals surface area contributed by atoms with Gasteiger partial charge in [-0.2, -0.15) is 4.98 Å². The molecular weight excluding hydrogens is 312 g/mol. The molecule has 0 saturated heterocycles. The summed E-state index contributed by atoms with van der Waals surface area (Å²) in [6.07, 6.45) is 0. The first-order valence-corrected chi connectivity index (χ1v) is 7.50. The molecular formula is C17H12N2O5. The lowest BCUT2D eigenvalue weighted by molar-refractivity contribution is 0.171. The Hall–Kier alpha value is -3.22. The molecule has 3 aromatic rings. The summed E-state index contributed by atoms with van der Waals surface area (Å²) in [5.74, 6) is 3.70. The third kappa shape index (κ3) is 2.13. The van der Waals surface area contributed by atoms with Gasteiger partial charge in [0.1, 0.15) is 13.2 Å². The second-order valence-electron chi connectivity index (χ2n) is 5.35. The smallest absolute Gasteiger partial charge is 0.258 e. The van der Waals surface area contributed by atoms with Gasteiger partial charge in [0.2, 0.25) is 12.6 Å². The van der Waals surface area contributed by atoms with Gasteiger partial charge in [-0.3, -0.25) is 0 Å². The van der Waals surface area contributed by atoms with E-state index in [0.717, 1.165) is 16.9 Å². The van der Waals surface area contributed by atoms with Gasteiger partial charge < -0.3 is 23.5 Å². The summed E-state index contributed by atoms with van der Waals surface area (Å²) in [6, 6.07) is 11.1. The zero-order valence-electron chi connectivity index (χ0n) is 12.5. The number of rotatable bonds is 2. The van der Waals surface area contributed by atoms with Crippen LogP contribution < -0.4 is 18.9 Å². The summed E-state index contributed by atoms with van der Waals surface area (Å²) < 4.78 is 27.2. The van der Waals surface area contributed by atoms with Crippen LogP contribution >= 0.6 is 0 Å². The second-order valence-corrected chi connectivity index (χ2v) is 5.35. The van der Waals surface area contributed by atoms with Crippen molar-refractivity contribution in [3.05, 3.63) is 36.4 Å². The van der Waals surface area contributed by atoms with Gasteiger partial charge >= 0.3 is 0 Å². The Labute approximate surface area is 136 Å². The third-order valence-electron chi connectivity index (χ3n) is 3.85. The van der Waals surface area contributed by atoms with Crippen molar-refractivity contribution in [3.63, 3.8) is 0 Å². The highest BCUT2D eigenvalue weighted by molar-refractivity contribution is 5.65. The number of fused-ring (bicyclic) bond motifs is 2. The third-order valence-corrected chi connectivity index (χ3v) is 3.85. The Morgan fingerprint density at radius 1 is 0.708 bits per heavy atom. The Morgan fingerprint density at radius 3 is 2.29 bits per heavy atom. The number of hydrogen-bond donors (Lipinski definition) is 0. The lowest BCUT2D eigenvalue weighted by atomic mass is 10.2. The van der Waals surface area contributed by atoms with Crippen LogP contribution in [0.2, 0.25) is 0 Å². The van der Waals surface area contributed by atoms with Crippen molar-refractivity contribution in [2.24, 2.45) is 0 Å². The van der Waals surface area contributed by atoms with Gasteiger partial charge in [-0.15, -0.1) is 0 Å². The normalized spacial score (nSPS) is 14.7. The molecule has 3 heterocycles. The number of aromatic nitrogens is 2. The van der Waals surface area contributed by atoms with Gasteiger partial charge in [-0.25, -0.2) is 0 Å². The van der Waals surface area contributed by atoms with Crippen molar-refractivity contribution in [3.8, 4) is 45.8 Å². The molecule has 0 N–H and O–H groups in total. The highest BCUT2D eigenvalue weighted by Crippen LogP contribution is 2.37. The SMILES string of the molecule is c1cc2c(cc1-c1noc(-c3ccc4c(c3)OCCO4)n1)OCO2. The molecule has 2 aliphatic rings. The molecule has 7 nitrogen and oxygen atoms in total. The zero-order chi connectivity index (χ0) is 15.9. The fourth-order valence-corrected chi connectivity index (χ4v) is 2.67. The quantitative estimate of drug-likeness (QED) is 0.717. The first kappa shape index (κ1) is 13.2. The predicted molar refractivity (Wildman–Crippen MR) is 82.3 cm³/mol. The Morgan fingerprint density at radius 2 is 1.38 bits per heavy atom. The van der Waals surface area contributed by atoms with Crippen LogP contribution in [0.4, 0.5) is 0 Å². The number of hydrogen-bond acceptors (Lipinski definition) is 7. The molecule has 0 bridgehead atoms. The molecule has 7 heteroatoms. The highest BCUT2D eigenvalue weighted by atomic mass is 16.7. The van der Waals surface area contributed by atoms with E-state index in [4.69, 9.17) is 23.5 Å². The molecule has 0 fully saturated rings. The Kier molecular flexibility index (Phi) is 2.84. The Bertz CT molecular complexity index is 921. The summed E-state index contributed by atoms with van der Waals surface area (Å²) in [7, 11) is 0. The molecule has 2 aliphatic heterocycles. The average Bonchev–Trinajstić information content (AvgIpc) is 3.30. The summed E-state index contributed by atoms with van der Waals surface area (Å²) in [5.41, 5.74) is 1.57. The van der Waals surface area contributed by atoms with E-state index in [1.165, 1.54) is 0 Å². The minimum atomic E-state index is 0.230. The van der Waals surface area contributed by atoms with Crippen LogP contribution in [0, 0.1) is 0 Å². The van der Waals surface area contributed by atoms with Crippen molar-refractivity contribution in [1.29, 1.82) is 0 Å². The monoisotopic (exact) mass is 324 g/mol. The van der Waals surface area contributed by atoms with Gasteiger partial charge in [0.15, 0.2) is 23.0 Å². The largest absolute Gasteiger partial charge is 0.486 e. The van der Waals surface area contributed by atoms with Gasteiger partial charge in [0.25, 0.3) is 5.89 Å². The van der Waals surface area contributed by atoms with Crippen LogP contribution in [0.1, 0.15) is 0 Å². The number of ether oxygens (including phenoxy) is 4. The van der Waals surface area contributed by atoms with Gasteiger partial charge in [0, 0.05) is 11.1 Å². The van der Waals surface area contributed by atoms with E-state index in [9.17, 15) is 0 Å². The van der Waals surface area contributed by atoms with Gasteiger partial charge in [-0.05, 0) is 36.4 Å². The first-order chi connectivity index (χ1) is 11.9. The van der Waals surface area contributed by atoms with Gasteiger partial charge in [-0.1, -0.05) is 5.16 Å². The summed E-state index contributed by atoms with van der Waals surface area (Å²) in [5, 5.41) is 4.05. The van der Waals surface area contributed by atoms with Crippen molar-refractivity contribution < 1.29 is 23.5 Å². The maximum atomic E-state index is 5.58. The van der Waals surface area contributed by atoms with Crippen LogP contribution in [-0.4, -0.2) is 30.1 Å². The highest BCUT2D eigenvalue weighted by Gasteiger charge is 2.18. The zero-order valence-corrected chi connectivity index (χ0v) is 12.5. The molecule has 24 heavy (non-hydrogen) atoms. The van der Waals surface area contributed by atoms with Crippen LogP contribution in [0.15, 0.2) is 40.9 Å². The van der Waals surface area contributed by atoms with Crippen molar-refractivity contribution >= 4 is 0 Å². The fraction of sp³-hybridized carbons (Fsp3) is 0.176. The van der Waals surface area contributed by atoms with Crippen LogP contribution in [0.5, 0.6) is 23.0 Å². The van der Waals surface area contributed by atoms with Crippen molar-refractivity contribution in [2.45, 2.75) is 0 Å². The van der Waals surface area contributed by atoms with Crippen LogP contribution in [0.3, 0.4) is 0 Å².